The van der Waals surface area contributed by atoms with Gasteiger partial charge in [0.25, 0.3) is 0 Å². The number of nitrogens with one attached hydrogen (secondary N) is 1. The number of carbonyl (C=O) groups excluding carboxylic acids is 1. The summed E-state index contributed by atoms with van der Waals surface area (Å²) in [5.41, 5.74) is -0.422. The largest absolute Gasteiger partial charge is 0.469 e. The van der Waals surface area contributed by atoms with Crippen molar-refractivity contribution in [1.82, 2.24) is 10.2 Å². The van der Waals surface area contributed by atoms with Crippen molar-refractivity contribution in [3.8, 4) is 0 Å². The highest BCUT2D eigenvalue weighted by atomic mass is 16.5. The van der Waals surface area contributed by atoms with E-state index in [0.717, 1.165) is 13.1 Å². The van der Waals surface area contributed by atoms with Gasteiger partial charge in [-0.15, -0.1) is 0 Å². The van der Waals surface area contributed by atoms with E-state index in [9.17, 15) is 4.79 Å². The third-order valence-electron chi connectivity index (χ3n) is 4.71. The Hall–Kier alpha value is -0.610. The number of rotatable bonds is 5. The molecule has 4 heteroatoms. The van der Waals surface area contributed by atoms with Crippen LogP contribution in [-0.2, 0) is 9.53 Å². The van der Waals surface area contributed by atoms with Crippen LogP contribution in [-0.4, -0.2) is 49.2 Å². The van der Waals surface area contributed by atoms with Gasteiger partial charge in [-0.25, -0.2) is 0 Å². The fourth-order valence-corrected chi connectivity index (χ4v) is 3.67. The van der Waals surface area contributed by atoms with Gasteiger partial charge >= 0.3 is 5.97 Å². The van der Waals surface area contributed by atoms with Gasteiger partial charge in [0.2, 0.25) is 0 Å². The molecule has 0 aromatic heterocycles. The van der Waals surface area contributed by atoms with Gasteiger partial charge in [0.15, 0.2) is 0 Å². The molecule has 19 heavy (non-hydrogen) atoms. The number of fused-ring (bicyclic) bond motifs is 2. The molecule has 2 aliphatic rings. The number of piperidine rings is 1. The van der Waals surface area contributed by atoms with Crippen LogP contribution in [0.2, 0.25) is 0 Å². The summed E-state index contributed by atoms with van der Waals surface area (Å²) in [7, 11) is 1.48. The molecule has 0 saturated carbocycles. The van der Waals surface area contributed by atoms with Gasteiger partial charge in [-0.3, -0.25) is 9.69 Å². The predicted molar refractivity (Wildman–Crippen MR) is 76.0 cm³/mol. The Labute approximate surface area is 116 Å². The minimum absolute atomic E-state index is 0.108. The van der Waals surface area contributed by atoms with E-state index in [-0.39, 0.29) is 5.97 Å². The molecule has 0 aliphatic carbocycles. The minimum Gasteiger partial charge on any atom is -0.469 e. The molecular formula is C15H28N2O2. The van der Waals surface area contributed by atoms with Crippen molar-refractivity contribution in [2.75, 3.05) is 20.2 Å². The molecule has 2 unspecified atom stereocenters. The number of nitrogens with zero attached hydrogens (tertiary/aromatic N) is 1. The molecule has 2 saturated heterocycles. The van der Waals surface area contributed by atoms with Crippen LogP contribution in [0.1, 0.15) is 46.5 Å². The molecule has 2 rings (SSSR count). The number of carbonyl (C=O) groups is 1. The van der Waals surface area contributed by atoms with Crippen LogP contribution in [0.25, 0.3) is 0 Å². The zero-order chi connectivity index (χ0) is 14.0. The van der Waals surface area contributed by atoms with E-state index >= 15 is 0 Å². The highest BCUT2D eigenvalue weighted by Gasteiger charge is 2.38. The van der Waals surface area contributed by atoms with Crippen LogP contribution in [0.15, 0.2) is 0 Å². The van der Waals surface area contributed by atoms with Crippen molar-refractivity contribution in [3.63, 3.8) is 0 Å². The van der Waals surface area contributed by atoms with Crippen molar-refractivity contribution >= 4 is 5.97 Å². The molecule has 0 aromatic rings. The third-order valence-corrected chi connectivity index (χ3v) is 4.71. The SMILES string of the molecule is CCN(CC(C)(C)C(=O)OC)C1CC2CCC(C1)N2. The van der Waals surface area contributed by atoms with Gasteiger partial charge in [0.1, 0.15) is 0 Å². The molecule has 2 fully saturated rings. The molecule has 0 aromatic carbocycles. The van der Waals surface area contributed by atoms with E-state index in [4.69, 9.17) is 4.74 Å². The molecule has 4 nitrogen and oxygen atoms in total. The molecule has 2 heterocycles. The van der Waals surface area contributed by atoms with E-state index in [1.165, 1.54) is 32.8 Å². The van der Waals surface area contributed by atoms with Gasteiger partial charge in [0, 0.05) is 24.7 Å². The smallest absolute Gasteiger partial charge is 0.312 e. The van der Waals surface area contributed by atoms with E-state index in [0.29, 0.717) is 18.1 Å². The van der Waals surface area contributed by atoms with Crippen molar-refractivity contribution in [1.29, 1.82) is 0 Å². The third kappa shape index (κ3) is 3.29. The molecular weight excluding hydrogens is 240 g/mol. The lowest BCUT2D eigenvalue weighted by molar-refractivity contribution is -0.152. The zero-order valence-corrected chi connectivity index (χ0v) is 12.7. The number of esters is 1. The van der Waals surface area contributed by atoms with Gasteiger partial charge in [-0.05, 0) is 46.1 Å². The summed E-state index contributed by atoms with van der Waals surface area (Å²) in [6, 6.07) is 2.01. The van der Waals surface area contributed by atoms with E-state index < -0.39 is 5.41 Å². The Bertz CT molecular complexity index is 318. The first-order valence-corrected chi connectivity index (χ1v) is 7.54. The van der Waals surface area contributed by atoms with Crippen molar-refractivity contribution in [3.05, 3.63) is 0 Å². The summed E-state index contributed by atoms with van der Waals surface area (Å²) in [6.07, 6.45) is 5.08. The van der Waals surface area contributed by atoms with Gasteiger partial charge in [0.05, 0.1) is 12.5 Å². The van der Waals surface area contributed by atoms with Crippen LogP contribution in [0.5, 0.6) is 0 Å². The van der Waals surface area contributed by atoms with Crippen LogP contribution in [0, 0.1) is 5.41 Å². The first kappa shape index (κ1) is 14.8. The summed E-state index contributed by atoms with van der Waals surface area (Å²) >= 11 is 0. The van der Waals surface area contributed by atoms with Gasteiger partial charge in [-0.2, -0.15) is 0 Å². The van der Waals surface area contributed by atoms with Crippen LogP contribution >= 0.6 is 0 Å². The fourth-order valence-electron chi connectivity index (χ4n) is 3.67. The van der Waals surface area contributed by atoms with Crippen molar-refractivity contribution in [2.45, 2.75) is 64.6 Å². The fraction of sp³-hybridized carbons (Fsp3) is 0.933. The highest BCUT2D eigenvalue weighted by molar-refractivity contribution is 5.76. The first-order valence-electron chi connectivity index (χ1n) is 7.54. The summed E-state index contributed by atoms with van der Waals surface area (Å²) in [4.78, 5) is 14.3. The molecule has 2 bridgehead atoms. The van der Waals surface area contributed by atoms with Crippen LogP contribution < -0.4 is 5.32 Å². The monoisotopic (exact) mass is 268 g/mol. The second-order valence-electron chi connectivity index (χ2n) is 6.70. The standard InChI is InChI=1S/C15H28N2O2/c1-5-17(10-15(2,3)14(18)19-4)13-8-11-6-7-12(9-13)16-11/h11-13,16H,5-10H2,1-4H3. The van der Waals surface area contributed by atoms with E-state index in [1.807, 2.05) is 13.8 Å². The summed E-state index contributed by atoms with van der Waals surface area (Å²) in [5, 5.41) is 3.68. The maximum absolute atomic E-state index is 11.8. The molecule has 0 spiro atoms. The van der Waals surface area contributed by atoms with Gasteiger partial charge in [-0.1, -0.05) is 6.92 Å². The molecule has 1 N–H and O–H groups in total. The minimum atomic E-state index is -0.422. The summed E-state index contributed by atoms with van der Waals surface area (Å²) in [5.74, 6) is -0.108. The topological polar surface area (TPSA) is 41.6 Å². The molecule has 2 atom stereocenters. The summed E-state index contributed by atoms with van der Waals surface area (Å²) in [6.45, 7) is 7.95. The van der Waals surface area contributed by atoms with Gasteiger partial charge < -0.3 is 10.1 Å². The lowest BCUT2D eigenvalue weighted by atomic mass is 9.90. The Kier molecular flexibility index (Phi) is 4.51. The number of ether oxygens (including phenoxy) is 1. The predicted octanol–water partition coefficient (Wildman–Crippen LogP) is 1.79. The first-order chi connectivity index (χ1) is 8.96. The van der Waals surface area contributed by atoms with E-state index in [2.05, 4.69) is 17.1 Å². The Morgan fingerprint density at radius 1 is 1.32 bits per heavy atom. The second-order valence-corrected chi connectivity index (χ2v) is 6.70. The number of hydrogen-bond donors (Lipinski definition) is 1. The van der Waals surface area contributed by atoms with E-state index in [1.54, 1.807) is 0 Å². The average Bonchev–Trinajstić information content (AvgIpc) is 2.73. The van der Waals surface area contributed by atoms with Crippen LogP contribution in [0.3, 0.4) is 0 Å². The maximum atomic E-state index is 11.8. The maximum Gasteiger partial charge on any atom is 0.312 e. The highest BCUT2D eigenvalue weighted by Crippen LogP contribution is 2.31. The normalized spacial score (nSPS) is 30.7. The van der Waals surface area contributed by atoms with Crippen molar-refractivity contribution < 1.29 is 9.53 Å². The second kappa shape index (κ2) is 5.80. The molecule has 2 aliphatic heterocycles. The van der Waals surface area contributed by atoms with Crippen molar-refractivity contribution in [2.24, 2.45) is 5.41 Å². The lowest BCUT2D eigenvalue weighted by Gasteiger charge is -2.40. The lowest BCUT2D eigenvalue weighted by Crippen LogP contribution is -2.51. The zero-order valence-electron chi connectivity index (χ0n) is 12.7. The average molecular weight is 268 g/mol. The Morgan fingerprint density at radius 3 is 2.37 bits per heavy atom. The van der Waals surface area contributed by atoms with Crippen LogP contribution in [0.4, 0.5) is 0 Å². The molecule has 110 valence electrons. The quantitative estimate of drug-likeness (QED) is 0.772. The number of hydrogen-bond acceptors (Lipinski definition) is 4. The molecule has 0 radical (unpaired) electrons. The Balaban J connectivity index is 1.98. The summed E-state index contributed by atoms with van der Waals surface area (Å²) < 4.78 is 4.92. The molecule has 0 amide bonds. The Morgan fingerprint density at radius 2 is 1.89 bits per heavy atom. The number of methoxy groups -OCH3 is 1.